The van der Waals surface area contributed by atoms with Gasteiger partial charge in [-0.3, -0.25) is 4.79 Å². The van der Waals surface area contributed by atoms with Gasteiger partial charge < -0.3 is 9.30 Å². The zero-order valence-corrected chi connectivity index (χ0v) is 20.1. The normalized spacial score (nSPS) is 15.3. The molecule has 33 heavy (non-hydrogen) atoms. The molecular weight excluding hydrogens is 462 g/mol. The first-order valence-corrected chi connectivity index (χ1v) is 13.1. The number of carbonyl (C=O) groups is 2. The van der Waals surface area contributed by atoms with Crippen LogP contribution in [0.2, 0.25) is 0 Å². The van der Waals surface area contributed by atoms with Crippen LogP contribution in [0.25, 0.3) is 10.2 Å². The molecule has 4 rings (SSSR count). The van der Waals surface area contributed by atoms with Crippen LogP contribution in [-0.2, 0) is 21.3 Å². The molecule has 3 aromatic rings. The smallest absolute Gasteiger partial charge is 0.338 e. The number of esters is 1. The Labute approximate surface area is 196 Å². The molecule has 0 atom stereocenters. The van der Waals surface area contributed by atoms with Gasteiger partial charge >= 0.3 is 5.97 Å². The number of ether oxygens (including phenoxy) is 1. The minimum absolute atomic E-state index is 0.179. The largest absolute Gasteiger partial charge is 0.462 e. The van der Waals surface area contributed by atoms with E-state index in [0.29, 0.717) is 42.2 Å². The highest BCUT2D eigenvalue weighted by Crippen LogP contribution is 2.22. The first-order chi connectivity index (χ1) is 15.8. The Morgan fingerprint density at radius 1 is 1.03 bits per heavy atom. The molecule has 10 heteroatoms. The van der Waals surface area contributed by atoms with Crippen LogP contribution >= 0.6 is 11.3 Å². The van der Waals surface area contributed by atoms with Gasteiger partial charge in [-0.05, 0) is 69.2 Å². The Morgan fingerprint density at radius 2 is 1.70 bits per heavy atom. The van der Waals surface area contributed by atoms with Crippen molar-refractivity contribution in [1.82, 2.24) is 8.87 Å². The maximum atomic E-state index is 12.8. The lowest BCUT2D eigenvalue weighted by Crippen LogP contribution is -2.27. The molecular formula is C23H25N3O5S2. The van der Waals surface area contributed by atoms with Crippen LogP contribution < -0.4 is 4.80 Å². The zero-order chi connectivity index (χ0) is 23.6. The first-order valence-electron chi connectivity index (χ1n) is 10.8. The highest BCUT2D eigenvalue weighted by Gasteiger charge is 2.27. The molecule has 0 radical (unpaired) electrons. The fraction of sp³-hybridized carbons (Fsp3) is 0.348. The van der Waals surface area contributed by atoms with Crippen LogP contribution in [0.15, 0.2) is 52.4 Å². The van der Waals surface area contributed by atoms with Gasteiger partial charge in [0.2, 0.25) is 10.0 Å². The van der Waals surface area contributed by atoms with Gasteiger partial charge in [-0.15, -0.1) is 0 Å². The van der Waals surface area contributed by atoms with Crippen molar-refractivity contribution in [2.75, 3.05) is 19.7 Å². The minimum Gasteiger partial charge on any atom is -0.462 e. The summed E-state index contributed by atoms with van der Waals surface area (Å²) in [7, 11) is -3.53. The molecule has 1 amide bonds. The summed E-state index contributed by atoms with van der Waals surface area (Å²) in [6.07, 6.45) is 1.73. The van der Waals surface area contributed by atoms with Crippen molar-refractivity contribution >= 4 is 43.5 Å². The van der Waals surface area contributed by atoms with Crippen molar-refractivity contribution < 1.29 is 22.7 Å². The summed E-state index contributed by atoms with van der Waals surface area (Å²) in [5, 5.41) is 0. The van der Waals surface area contributed by atoms with Crippen LogP contribution in [-0.4, -0.2) is 48.9 Å². The third kappa shape index (κ3) is 4.64. The van der Waals surface area contributed by atoms with Crippen molar-refractivity contribution in [3.63, 3.8) is 0 Å². The lowest BCUT2D eigenvalue weighted by atomic mass is 10.2. The van der Waals surface area contributed by atoms with Crippen molar-refractivity contribution in [2.24, 2.45) is 4.99 Å². The van der Waals surface area contributed by atoms with E-state index in [1.807, 2.05) is 17.6 Å². The SMILES string of the molecule is CCOC(=O)c1ccc2c(c1)sc(=NC(=O)c1ccc(S(=O)(=O)N3CCCC3)cc1)n2CC. The highest BCUT2D eigenvalue weighted by atomic mass is 32.2. The van der Waals surface area contributed by atoms with Crippen molar-refractivity contribution in [3.05, 3.63) is 58.4 Å². The van der Waals surface area contributed by atoms with E-state index in [1.54, 1.807) is 19.1 Å². The van der Waals surface area contributed by atoms with Gasteiger partial charge in [0, 0.05) is 25.2 Å². The van der Waals surface area contributed by atoms with E-state index in [9.17, 15) is 18.0 Å². The summed E-state index contributed by atoms with van der Waals surface area (Å²) in [6, 6.07) is 11.2. The number of aromatic nitrogens is 1. The maximum absolute atomic E-state index is 12.8. The van der Waals surface area contributed by atoms with Gasteiger partial charge in [0.05, 0.1) is 27.3 Å². The van der Waals surface area contributed by atoms with Gasteiger partial charge in [-0.1, -0.05) is 11.3 Å². The van der Waals surface area contributed by atoms with Crippen LogP contribution in [0.1, 0.15) is 47.4 Å². The van der Waals surface area contributed by atoms with E-state index < -0.39 is 21.9 Å². The molecule has 0 saturated carbocycles. The number of carbonyl (C=O) groups excluding carboxylic acids is 2. The van der Waals surface area contributed by atoms with Gasteiger partial charge in [0.25, 0.3) is 5.91 Å². The average Bonchev–Trinajstić information content (AvgIpc) is 3.47. The summed E-state index contributed by atoms with van der Waals surface area (Å²) in [6.45, 7) is 5.65. The number of amides is 1. The van der Waals surface area contributed by atoms with Crippen molar-refractivity contribution in [1.29, 1.82) is 0 Å². The van der Waals surface area contributed by atoms with Crippen LogP contribution in [0.5, 0.6) is 0 Å². The molecule has 0 bridgehead atoms. The maximum Gasteiger partial charge on any atom is 0.338 e. The van der Waals surface area contributed by atoms with E-state index in [-0.39, 0.29) is 4.90 Å². The number of nitrogens with zero attached hydrogens (tertiary/aromatic N) is 3. The van der Waals surface area contributed by atoms with Crippen LogP contribution in [0, 0.1) is 0 Å². The Bertz CT molecular complexity index is 1370. The third-order valence-electron chi connectivity index (χ3n) is 5.51. The standard InChI is InChI=1S/C23H25N3O5S2/c1-3-26-19-12-9-17(22(28)31-4-2)15-20(19)32-23(26)24-21(27)16-7-10-18(11-8-16)33(29,30)25-13-5-6-14-25/h7-12,15H,3-6,13-14H2,1-2H3. The second kappa shape index (κ2) is 9.58. The summed E-state index contributed by atoms with van der Waals surface area (Å²) in [4.78, 5) is 29.8. The predicted octanol–water partition coefficient (Wildman–Crippen LogP) is 3.43. The number of aryl methyl sites for hydroxylation is 1. The molecule has 0 N–H and O–H groups in total. The summed E-state index contributed by atoms with van der Waals surface area (Å²) < 4.78 is 34.6. The monoisotopic (exact) mass is 487 g/mol. The molecule has 0 spiro atoms. The predicted molar refractivity (Wildman–Crippen MR) is 126 cm³/mol. The number of thiazole rings is 1. The molecule has 0 aliphatic carbocycles. The third-order valence-corrected chi connectivity index (χ3v) is 8.47. The van der Waals surface area contributed by atoms with Gasteiger partial charge in [0.15, 0.2) is 4.80 Å². The first kappa shape index (κ1) is 23.3. The Kier molecular flexibility index (Phi) is 6.78. The van der Waals surface area contributed by atoms with E-state index in [2.05, 4.69) is 4.99 Å². The molecule has 0 unspecified atom stereocenters. The number of sulfonamides is 1. The number of benzene rings is 2. The topological polar surface area (TPSA) is 98.0 Å². The highest BCUT2D eigenvalue weighted by molar-refractivity contribution is 7.89. The van der Waals surface area contributed by atoms with Crippen molar-refractivity contribution in [3.8, 4) is 0 Å². The Balaban J connectivity index is 1.64. The Morgan fingerprint density at radius 3 is 2.33 bits per heavy atom. The molecule has 1 saturated heterocycles. The van der Waals surface area contributed by atoms with E-state index in [4.69, 9.17) is 4.74 Å². The van der Waals surface area contributed by atoms with E-state index in [0.717, 1.165) is 23.1 Å². The molecule has 1 aliphatic rings. The van der Waals surface area contributed by atoms with Gasteiger partial charge in [-0.2, -0.15) is 9.30 Å². The van der Waals surface area contributed by atoms with Crippen LogP contribution in [0.4, 0.5) is 0 Å². The van der Waals surface area contributed by atoms with E-state index in [1.165, 1.54) is 39.9 Å². The lowest BCUT2D eigenvalue weighted by Gasteiger charge is -2.15. The number of hydrogen-bond donors (Lipinski definition) is 0. The second-order valence-electron chi connectivity index (χ2n) is 7.58. The Hall–Kier alpha value is -2.82. The van der Waals surface area contributed by atoms with Gasteiger partial charge in [0.1, 0.15) is 0 Å². The molecule has 174 valence electrons. The minimum atomic E-state index is -3.53. The lowest BCUT2D eigenvalue weighted by molar-refractivity contribution is 0.0526. The quantitative estimate of drug-likeness (QED) is 0.496. The molecule has 1 fully saturated rings. The fourth-order valence-electron chi connectivity index (χ4n) is 3.80. The average molecular weight is 488 g/mol. The van der Waals surface area contributed by atoms with E-state index >= 15 is 0 Å². The fourth-order valence-corrected chi connectivity index (χ4v) is 6.45. The molecule has 8 nitrogen and oxygen atoms in total. The molecule has 2 aromatic carbocycles. The van der Waals surface area contributed by atoms with Crippen LogP contribution in [0.3, 0.4) is 0 Å². The second-order valence-corrected chi connectivity index (χ2v) is 10.5. The van der Waals surface area contributed by atoms with Crippen molar-refractivity contribution in [2.45, 2.75) is 38.1 Å². The molecule has 1 aliphatic heterocycles. The summed E-state index contributed by atoms with van der Waals surface area (Å²) >= 11 is 1.31. The molecule has 1 aromatic heterocycles. The zero-order valence-electron chi connectivity index (χ0n) is 18.5. The summed E-state index contributed by atoms with van der Waals surface area (Å²) in [5.41, 5.74) is 1.62. The molecule has 2 heterocycles. The number of hydrogen-bond acceptors (Lipinski definition) is 6. The number of rotatable bonds is 6. The number of fused-ring (bicyclic) bond motifs is 1. The summed E-state index contributed by atoms with van der Waals surface area (Å²) in [5.74, 6) is -0.853. The van der Waals surface area contributed by atoms with Gasteiger partial charge in [-0.25, -0.2) is 13.2 Å².